The van der Waals surface area contributed by atoms with Crippen LogP contribution in [0.4, 0.5) is 0 Å². The van der Waals surface area contributed by atoms with Gasteiger partial charge in [-0.15, -0.1) is 0 Å². The van der Waals surface area contributed by atoms with Gasteiger partial charge in [0, 0.05) is 6.04 Å². The SMILES string of the molecule is CC/C=C/[C@@H](CC)N[C@@H](CO)C(=O)OC. The maximum absolute atomic E-state index is 11.2. The number of carbonyl (C=O) groups is 1. The fourth-order valence-electron chi connectivity index (χ4n) is 1.21. The van der Waals surface area contributed by atoms with Crippen molar-refractivity contribution in [3.05, 3.63) is 12.2 Å². The van der Waals surface area contributed by atoms with Crippen molar-refractivity contribution in [1.29, 1.82) is 0 Å². The Morgan fingerprint density at radius 3 is 2.60 bits per heavy atom. The third kappa shape index (κ3) is 5.54. The minimum atomic E-state index is -0.638. The van der Waals surface area contributed by atoms with Crippen molar-refractivity contribution in [3.8, 4) is 0 Å². The Morgan fingerprint density at radius 2 is 2.20 bits per heavy atom. The van der Waals surface area contributed by atoms with E-state index < -0.39 is 12.0 Å². The smallest absolute Gasteiger partial charge is 0.325 e. The minimum Gasteiger partial charge on any atom is -0.468 e. The molecule has 2 atom stereocenters. The van der Waals surface area contributed by atoms with Crippen LogP contribution < -0.4 is 5.32 Å². The average Bonchev–Trinajstić information content (AvgIpc) is 2.28. The molecule has 88 valence electrons. The van der Waals surface area contributed by atoms with Crippen LogP contribution in [0.1, 0.15) is 26.7 Å². The van der Waals surface area contributed by atoms with E-state index in [1.807, 2.05) is 26.0 Å². The molecule has 2 N–H and O–H groups in total. The maximum Gasteiger partial charge on any atom is 0.325 e. The molecule has 0 spiro atoms. The largest absolute Gasteiger partial charge is 0.468 e. The Labute approximate surface area is 91.3 Å². The summed E-state index contributed by atoms with van der Waals surface area (Å²) in [5, 5.41) is 12.0. The lowest BCUT2D eigenvalue weighted by Crippen LogP contribution is -2.45. The number of aliphatic hydroxyl groups is 1. The lowest BCUT2D eigenvalue weighted by Gasteiger charge is -2.19. The first-order valence-corrected chi connectivity index (χ1v) is 5.30. The fourth-order valence-corrected chi connectivity index (χ4v) is 1.21. The molecule has 4 heteroatoms. The van der Waals surface area contributed by atoms with Gasteiger partial charge in [-0.25, -0.2) is 0 Å². The van der Waals surface area contributed by atoms with E-state index in [-0.39, 0.29) is 12.6 Å². The summed E-state index contributed by atoms with van der Waals surface area (Å²) in [7, 11) is 1.31. The standard InChI is InChI=1S/C11H21NO3/c1-4-6-7-9(5-2)12-10(8-13)11(14)15-3/h6-7,9-10,12-13H,4-5,8H2,1-3H3/b7-6+/t9-,10+/m1/s1. The zero-order valence-corrected chi connectivity index (χ0v) is 9.69. The zero-order chi connectivity index (χ0) is 11.7. The van der Waals surface area contributed by atoms with Gasteiger partial charge in [-0.05, 0) is 12.8 Å². The number of hydrogen-bond acceptors (Lipinski definition) is 4. The maximum atomic E-state index is 11.2. The Balaban J connectivity index is 4.23. The van der Waals surface area contributed by atoms with E-state index in [0.717, 1.165) is 12.8 Å². The highest BCUT2D eigenvalue weighted by molar-refractivity contribution is 5.75. The Kier molecular flexibility index (Phi) is 7.95. The minimum absolute atomic E-state index is 0.0983. The van der Waals surface area contributed by atoms with Gasteiger partial charge in [0.25, 0.3) is 0 Å². The van der Waals surface area contributed by atoms with Crippen LogP contribution in [0.25, 0.3) is 0 Å². The third-order valence-corrected chi connectivity index (χ3v) is 2.13. The van der Waals surface area contributed by atoms with E-state index in [0.29, 0.717) is 0 Å². The van der Waals surface area contributed by atoms with Crippen molar-refractivity contribution in [3.63, 3.8) is 0 Å². The number of methoxy groups -OCH3 is 1. The average molecular weight is 215 g/mol. The number of ether oxygens (including phenoxy) is 1. The molecular formula is C11H21NO3. The Morgan fingerprint density at radius 1 is 1.53 bits per heavy atom. The number of rotatable bonds is 7. The second kappa shape index (κ2) is 8.44. The molecule has 0 aliphatic carbocycles. The van der Waals surface area contributed by atoms with E-state index in [1.54, 1.807) is 0 Å². The first-order chi connectivity index (χ1) is 7.19. The van der Waals surface area contributed by atoms with Gasteiger partial charge in [0.1, 0.15) is 6.04 Å². The van der Waals surface area contributed by atoms with Gasteiger partial charge in [-0.1, -0.05) is 26.0 Å². The summed E-state index contributed by atoms with van der Waals surface area (Å²) >= 11 is 0. The summed E-state index contributed by atoms with van der Waals surface area (Å²) in [6.45, 7) is 3.82. The number of esters is 1. The molecule has 0 aromatic carbocycles. The molecule has 0 saturated heterocycles. The van der Waals surface area contributed by atoms with E-state index in [9.17, 15) is 4.79 Å². The lowest BCUT2D eigenvalue weighted by molar-refractivity contribution is -0.144. The molecule has 0 aliphatic rings. The molecule has 0 unspecified atom stereocenters. The van der Waals surface area contributed by atoms with Gasteiger partial charge >= 0.3 is 5.97 Å². The highest BCUT2D eigenvalue weighted by atomic mass is 16.5. The molecule has 0 rings (SSSR count). The lowest BCUT2D eigenvalue weighted by atomic mass is 10.1. The molecule has 15 heavy (non-hydrogen) atoms. The van der Waals surface area contributed by atoms with E-state index >= 15 is 0 Å². The Hall–Kier alpha value is -0.870. The van der Waals surface area contributed by atoms with E-state index in [1.165, 1.54) is 7.11 Å². The van der Waals surface area contributed by atoms with Crippen LogP contribution in [0.15, 0.2) is 12.2 Å². The number of aliphatic hydroxyl groups excluding tert-OH is 1. The monoisotopic (exact) mass is 215 g/mol. The van der Waals surface area contributed by atoms with Crippen molar-refractivity contribution < 1.29 is 14.6 Å². The highest BCUT2D eigenvalue weighted by Gasteiger charge is 2.19. The predicted molar refractivity (Wildman–Crippen MR) is 59.5 cm³/mol. The van der Waals surface area contributed by atoms with Crippen molar-refractivity contribution >= 4 is 5.97 Å². The van der Waals surface area contributed by atoms with Gasteiger partial charge in [-0.3, -0.25) is 10.1 Å². The number of nitrogens with one attached hydrogen (secondary N) is 1. The van der Waals surface area contributed by atoms with Gasteiger partial charge in [-0.2, -0.15) is 0 Å². The van der Waals surface area contributed by atoms with Crippen molar-refractivity contribution in [2.45, 2.75) is 38.8 Å². The summed E-state index contributed by atoms with van der Waals surface area (Å²) in [6.07, 6.45) is 5.86. The topological polar surface area (TPSA) is 58.6 Å². The molecular weight excluding hydrogens is 194 g/mol. The summed E-state index contributed by atoms with van der Waals surface area (Å²) in [5.74, 6) is -0.430. The van der Waals surface area contributed by atoms with Crippen LogP contribution in [-0.4, -0.2) is 36.9 Å². The summed E-state index contributed by atoms with van der Waals surface area (Å²) < 4.78 is 4.57. The molecule has 0 radical (unpaired) electrons. The van der Waals surface area contributed by atoms with E-state index in [4.69, 9.17) is 5.11 Å². The van der Waals surface area contributed by atoms with Gasteiger partial charge in [0.05, 0.1) is 13.7 Å². The van der Waals surface area contributed by atoms with Crippen LogP contribution in [0.2, 0.25) is 0 Å². The number of hydrogen-bond donors (Lipinski definition) is 2. The summed E-state index contributed by atoms with van der Waals surface area (Å²) in [6, 6.07) is -0.539. The quantitative estimate of drug-likeness (QED) is 0.488. The third-order valence-electron chi connectivity index (χ3n) is 2.13. The molecule has 0 heterocycles. The Bertz CT molecular complexity index is 204. The number of allylic oxidation sites excluding steroid dienone is 1. The molecule has 0 fully saturated rings. The second-order valence-electron chi connectivity index (χ2n) is 3.28. The molecule has 0 bridgehead atoms. The first-order valence-electron chi connectivity index (χ1n) is 5.30. The van der Waals surface area contributed by atoms with Crippen LogP contribution in [0.3, 0.4) is 0 Å². The van der Waals surface area contributed by atoms with Gasteiger partial charge in [0.15, 0.2) is 0 Å². The molecule has 0 aromatic rings. The molecule has 0 aromatic heterocycles. The van der Waals surface area contributed by atoms with Crippen molar-refractivity contribution in [2.75, 3.05) is 13.7 Å². The highest BCUT2D eigenvalue weighted by Crippen LogP contribution is 1.98. The zero-order valence-electron chi connectivity index (χ0n) is 9.69. The normalized spacial score (nSPS) is 15.2. The summed E-state index contributed by atoms with van der Waals surface area (Å²) in [5.41, 5.74) is 0. The van der Waals surface area contributed by atoms with E-state index in [2.05, 4.69) is 10.1 Å². The molecule has 0 saturated carbocycles. The fraction of sp³-hybridized carbons (Fsp3) is 0.727. The van der Waals surface area contributed by atoms with Crippen molar-refractivity contribution in [1.82, 2.24) is 5.32 Å². The van der Waals surface area contributed by atoms with Crippen LogP contribution >= 0.6 is 0 Å². The summed E-state index contributed by atoms with van der Waals surface area (Å²) in [4.78, 5) is 11.2. The number of carbonyl (C=O) groups excluding carboxylic acids is 1. The van der Waals surface area contributed by atoms with Gasteiger partial charge < -0.3 is 9.84 Å². The first kappa shape index (κ1) is 14.1. The molecule has 0 amide bonds. The van der Waals surface area contributed by atoms with Crippen molar-refractivity contribution in [2.24, 2.45) is 0 Å². The van der Waals surface area contributed by atoms with Gasteiger partial charge in [0.2, 0.25) is 0 Å². The van der Waals surface area contributed by atoms with Crippen LogP contribution in [0, 0.1) is 0 Å². The second-order valence-corrected chi connectivity index (χ2v) is 3.28. The van der Waals surface area contributed by atoms with Crippen LogP contribution in [0.5, 0.6) is 0 Å². The predicted octanol–water partition coefficient (Wildman–Crippen LogP) is 0.855. The van der Waals surface area contributed by atoms with Crippen LogP contribution in [-0.2, 0) is 9.53 Å². The molecule has 4 nitrogen and oxygen atoms in total. The molecule has 0 aliphatic heterocycles.